The molecule has 0 atom stereocenters. The van der Waals surface area contributed by atoms with E-state index in [0.717, 1.165) is 11.1 Å². The van der Waals surface area contributed by atoms with Gasteiger partial charge in [-0.3, -0.25) is 10.1 Å². The van der Waals surface area contributed by atoms with Gasteiger partial charge in [-0.05, 0) is 47.5 Å². The van der Waals surface area contributed by atoms with Crippen molar-refractivity contribution in [2.75, 3.05) is 0 Å². The van der Waals surface area contributed by atoms with Crippen molar-refractivity contribution < 1.29 is 14.5 Å². The van der Waals surface area contributed by atoms with Crippen molar-refractivity contribution >= 4 is 17.9 Å². The molecule has 23 heavy (non-hydrogen) atoms. The van der Waals surface area contributed by atoms with E-state index < -0.39 is 11.0 Å². The van der Waals surface area contributed by atoms with Crippen molar-refractivity contribution in [3.63, 3.8) is 0 Å². The van der Waals surface area contributed by atoms with Crippen LogP contribution in [0.15, 0.2) is 53.6 Å². The molecule has 0 saturated heterocycles. The number of carbonyl (C=O) groups excluding carboxylic acids is 1. The first-order chi connectivity index (χ1) is 11.0. The predicted octanol–water partition coefficient (Wildman–Crippen LogP) is 2.18. The smallest absolute Gasteiger partial charge is 0.332 e. The van der Waals surface area contributed by atoms with Gasteiger partial charge in [-0.25, -0.2) is 10.2 Å². The Labute approximate surface area is 131 Å². The van der Waals surface area contributed by atoms with E-state index >= 15 is 0 Å². The zero-order chi connectivity index (χ0) is 16.7. The van der Waals surface area contributed by atoms with Gasteiger partial charge in [-0.2, -0.15) is 5.10 Å². The van der Waals surface area contributed by atoms with Crippen LogP contribution in [0, 0.1) is 10.1 Å². The molecule has 0 aromatic heterocycles. The first-order valence-electron chi connectivity index (χ1n) is 6.59. The van der Waals surface area contributed by atoms with Gasteiger partial charge in [0.25, 0.3) is 5.69 Å². The van der Waals surface area contributed by atoms with Gasteiger partial charge in [0.15, 0.2) is 0 Å². The quantitative estimate of drug-likeness (QED) is 0.482. The fourth-order valence-electron chi connectivity index (χ4n) is 1.70. The highest BCUT2D eigenvalue weighted by Crippen LogP contribution is 2.16. The normalized spacial score (nSPS) is 10.4. The number of non-ortho nitro benzene ring substituents is 1. The molecule has 0 aliphatic heterocycles. The fourth-order valence-corrected chi connectivity index (χ4v) is 1.70. The second-order valence-corrected chi connectivity index (χ2v) is 4.52. The Morgan fingerprint density at radius 1 is 1.22 bits per heavy atom. The number of ether oxygens (including phenoxy) is 1. The van der Waals surface area contributed by atoms with Crippen molar-refractivity contribution in [1.29, 1.82) is 0 Å². The minimum atomic E-state index is -0.732. The number of nitro benzene ring substituents is 1. The average molecular weight is 314 g/mol. The number of amides is 2. The molecular weight excluding hydrogens is 300 g/mol. The number of benzene rings is 2. The van der Waals surface area contributed by atoms with Crippen molar-refractivity contribution in [3.05, 3.63) is 69.8 Å². The van der Waals surface area contributed by atoms with Gasteiger partial charge in [0.05, 0.1) is 11.1 Å². The fraction of sp³-hybridized carbons (Fsp3) is 0.0667. The summed E-state index contributed by atoms with van der Waals surface area (Å²) >= 11 is 0. The SMILES string of the molecule is NC(=O)NN=Cc1ccc(OCc2ccc([N+](=O)[O-])cc2)cc1. The van der Waals surface area contributed by atoms with E-state index in [4.69, 9.17) is 10.5 Å². The summed E-state index contributed by atoms with van der Waals surface area (Å²) in [6.45, 7) is 0.300. The minimum absolute atomic E-state index is 0.0435. The lowest BCUT2D eigenvalue weighted by Gasteiger charge is -2.06. The maximum atomic E-state index is 10.6. The standard InChI is InChI=1S/C15H14N4O4/c16-15(20)18-17-9-11-3-7-14(8-4-11)23-10-12-1-5-13(6-2-12)19(21)22/h1-9H,10H2,(H3,16,18,20). The average Bonchev–Trinajstić information content (AvgIpc) is 2.54. The molecule has 0 aliphatic rings. The highest BCUT2D eigenvalue weighted by molar-refractivity contribution is 5.81. The Hall–Kier alpha value is -3.42. The van der Waals surface area contributed by atoms with E-state index in [-0.39, 0.29) is 5.69 Å². The summed E-state index contributed by atoms with van der Waals surface area (Å²) in [5.41, 5.74) is 8.61. The number of nitrogens with zero attached hydrogens (tertiary/aromatic N) is 2. The van der Waals surface area contributed by atoms with Crippen LogP contribution in [0.5, 0.6) is 5.75 Å². The molecule has 2 amide bonds. The van der Waals surface area contributed by atoms with Crippen LogP contribution in [-0.2, 0) is 6.61 Å². The molecule has 2 aromatic rings. The monoisotopic (exact) mass is 314 g/mol. The minimum Gasteiger partial charge on any atom is -0.489 e. The molecule has 0 radical (unpaired) electrons. The lowest BCUT2D eigenvalue weighted by atomic mass is 10.2. The summed E-state index contributed by atoms with van der Waals surface area (Å²) < 4.78 is 5.59. The van der Waals surface area contributed by atoms with Gasteiger partial charge >= 0.3 is 6.03 Å². The Balaban J connectivity index is 1.89. The number of hydrogen-bond acceptors (Lipinski definition) is 5. The van der Waals surface area contributed by atoms with Gasteiger partial charge in [-0.15, -0.1) is 0 Å². The summed E-state index contributed by atoms with van der Waals surface area (Å²) in [4.78, 5) is 20.6. The topological polar surface area (TPSA) is 120 Å². The first kappa shape index (κ1) is 16.0. The summed E-state index contributed by atoms with van der Waals surface area (Å²) in [5, 5.41) is 14.2. The van der Waals surface area contributed by atoms with Crippen molar-refractivity contribution in [2.45, 2.75) is 6.61 Å². The van der Waals surface area contributed by atoms with E-state index in [9.17, 15) is 14.9 Å². The first-order valence-corrected chi connectivity index (χ1v) is 6.59. The number of hydrazone groups is 1. The number of hydrogen-bond donors (Lipinski definition) is 2. The lowest BCUT2D eigenvalue weighted by molar-refractivity contribution is -0.384. The van der Waals surface area contributed by atoms with Crippen LogP contribution in [0.4, 0.5) is 10.5 Å². The van der Waals surface area contributed by atoms with Crippen LogP contribution < -0.4 is 15.9 Å². The van der Waals surface area contributed by atoms with Gasteiger partial charge in [0, 0.05) is 12.1 Å². The predicted molar refractivity (Wildman–Crippen MR) is 84.2 cm³/mol. The van der Waals surface area contributed by atoms with E-state index in [1.165, 1.54) is 18.3 Å². The molecule has 8 nitrogen and oxygen atoms in total. The molecule has 8 heteroatoms. The second-order valence-electron chi connectivity index (χ2n) is 4.52. The molecule has 0 saturated carbocycles. The second kappa shape index (κ2) is 7.55. The number of urea groups is 1. The Bertz CT molecular complexity index is 711. The lowest BCUT2D eigenvalue weighted by Crippen LogP contribution is -2.24. The summed E-state index contributed by atoms with van der Waals surface area (Å²) in [6.07, 6.45) is 1.45. The number of carbonyl (C=O) groups is 1. The molecule has 0 heterocycles. The van der Waals surface area contributed by atoms with E-state index in [1.807, 2.05) is 0 Å². The van der Waals surface area contributed by atoms with Crippen LogP contribution in [-0.4, -0.2) is 17.2 Å². The third kappa shape index (κ3) is 5.12. The van der Waals surface area contributed by atoms with Gasteiger partial charge < -0.3 is 10.5 Å². The molecule has 3 N–H and O–H groups in total. The van der Waals surface area contributed by atoms with Crippen LogP contribution in [0.1, 0.15) is 11.1 Å². The zero-order valence-electron chi connectivity index (χ0n) is 12.0. The molecular formula is C15H14N4O4. The Morgan fingerprint density at radius 2 is 1.87 bits per heavy atom. The van der Waals surface area contributed by atoms with E-state index in [2.05, 4.69) is 10.5 Å². The van der Waals surface area contributed by atoms with Crippen molar-refractivity contribution in [2.24, 2.45) is 10.8 Å². The number of nitrogens with two attached hydrogens (primary N) is 1. The number of primary amides is 1. The molecule has 118 valence electrons. The van der Waals surface area contributed by atoms with Gasteiger partial charge in [-0.1, -0.05) is 0 Å². The summed E-state index contributed by atoms with van der Waals surface area (Å²) in [6, 6.07) is 12.4. The number of nitro groups is 1. The highest BCUT2D eigenvalue weighted by atomic mass is 16.6. The maximum absolute atomic E-state index is 10.6. The van der Waals surface area contributed by atoms with E-state index in [1.54, 1.807) is 36.4 Å². The van der Waals surface area contributed by atoms with Gasteiger partial charge in [0.1, 0.15) is 12.4 Å². The Kier molecular flexibility index (Phi) is 5.24. The molecule has 2 aromatic carbocycles. The van der Waals surface area contributed by atoms with Crippen LogP contribution in [0.3, 0.4) is 0 Å². The zero-order valence-corrected chi connectivity index (χ0v) is 12.0. The number of nitrogens with one attached hydrogen (secondary N) is 1. The molecule has 0 spiro atoms. The molecule has 0 unspecified atom stereocenters. The number of rotatable bonds is 6. The molecule has 0 aliphatic carbocycles. The molecule has 0 bridgehead atoms. The molecule has 2 rings (SSSR count). The third-order valence-corrected chi connectivity index (χ3v) is 2.82. The highest BCUT2D eigenvalue weighted by Gasteiger charge is 2.04. The maximum Gasteiger partial charge on any atom is 0.332 e. The van der Waals surface area contributed by atoms with Crippen molar-refractivity contribution in [3.8, 4) is 5.75 Å². The Morgan fingerprint density at radius 3 is 2.43 bits per heavy atom. The van der Waals surface area contributed by atoms with Gasteiger partial charge in [0.2, 0.25) is 0 Å². The van der Waals surface area contributed by atoms with Crippen LogP contribution >= 0.6 is 0 Å². The van der Waals surface area contributed by atoms with Crippen LogP contribution in [0.2, 0.25) is 0 Å². The molecule has 0 fully saturated rings. The largest absolute Gasteiger partial charge is 0.489 e. The summed E-state index contributed by atoms with van der Waals surface area (Å²) in [7, 11) is 0. The van der Waals surface area contributed by atoms with Crippen LogP contribution in [0.25, 0.3) is 0 Å². The van der Waals surface area contributed by atoms with Crippen molar-refractivity contribution in [1.82, 2.24) is 5.43 Å². The van der Waals surface area contributed by atoms with E-state index in [0.29, 0.717) is 12.4 Å². The summed E-state index contributed by atoms with van der Waals surface area (Å²) in [5.74, 6) is 0.642. The third-order valence-electron chi connectivity index (χ3n) is 2.82.